The van der Waals surface area contributed by atoms with E-state index in [2.05, 4.69) is 102 Å². The Balaban J connectivity index is -0.000000512. The Hall–Kier alpha value is 1.47. The first-order valence-electron chi connectivity index (χ1n) is 10.9. The average molecular weight is 569 g/mol. The molecule has 0 unspecified atom stereocenters. The number of likely N-dealkylation sites (N-methyl/N-ethyl adjacent to an activating group) is 2. The molecule has 0 N–H and O–H groups in total. The summed E-state index contributed by atoms with van der Waals surface area (Å²) in [7, 11) is 2.72. The van der Waals surface area contributed by atoms with Gasteiger partial charge >= 0.3 is 35.6 Å². The van der Waals surface area contributed by atoms with Gasteiger partial charge < -0.3 is 33.1 Å². The molecule has 4 nitrogen and oxygen atoms in total. The van der Waals surface area contributed by atoms with Crippen LogP contribution in [0.3, 0.4) is 0 Å². The quantitative estimate of drug-likeness (QED) is 0.363. The van der Waals surface area contributed by atoms with Gasteiger partial charge in [-0.15, -0.1) is 28.2 Å². The molecule has 0 aliphatic carbocycles. The van der Waals surface area contributed by atoms with Crippen LogP contribution in [0.25, 0.3) is 5.32 Å². The predicted molar refractivity (Wildman–Crippen MR) is 137 cm³/mol. The first-order valence-corrected chi connectivity index (χ1v) is 18.3. The van der Waals surface area contributed by atoms with Crippen molar-refractivity contribution in [1.29, 1.82) is 0 Å². The van der Waals surface area contributed by atoms with Crippen LogP contribution in [0.5, 0.6) is 0 Å². The summed E-state index contributed by atoms with van der Waals surface area (Å²) in [5.74, 6) is 0. The van der Waals surface area contributed by atoms with Gasteiger partial charge in [0, 0.05) is 39.3 Å². The van der Waals surface area contributed by atoms with Crippen LogP contribution in [-0.2, 0) is 0 Å². The van der Waals surface area contributed by atoms with Gasteiger partial charge in [-0.05, 0) is 20.6 Å². The Morgan fingerprint density at radius 2 is 1.00 bits per heavy atom. The summed E-state index contributed by atoms with van der Waals surface area (Å²) in [5, 5.41) is 4.70. The van der Waals surface area contributed by atoms with Gasteiger partial charge in [0.25, 0.3) is 0 Å². The summed E-state index contributed by atoms with van der Waals surface area (Å²) in [6.45, 7) is 36.7. The zero-order valence-electron chi connectivity index (χ0n) is 21.9. The standard InChI is InChI=1S/C14H31N4.2C4H11Si.La/c1-14(2,3)15-6-7-18-12-10-16(4)8-9-17(5)11-13-18;2*1-5(2,3)4;/h6-13H2,1-5H3;2*1H2,2-4H3;/q3*-1;+3. The van der Waals surface area contributed by atoms with Gasteiger partial charge in [0.15, 0.2) is 0 Å². The summed E-state index contributed by atoms with van der Waals surface area (Å²) in [6.07, 6.45) is 0. The van der Waals surface area contributed by atoms with E-state index >= 15 is 0 Å². The van der Waals surface area contributed by atoms with E-state index in [9.17, 15) is 0 Å². The molecule has 0 bridgehead atoms. The molecular weight excluding hydrogens is 515 g/mol. The molecule has 172 valence electrons. The molecule has 0 aromatic carbocycles. The van der Waals surface area contributed by atoms with Crippen LogP contribution in [0.4, 0.5) is 0 Å². The molecule has 0 aromatic rings. The van der Waals surface area contributed by atoms with Crippen LogP contribution < -0.4 is 0 Å². The average Bonchev–Trinajstić information content (AvgIpc) is 2.48. The van der Waals surface area contributed by atoms with E-state index in [0.29, 0.717) is 0 Å². The number of nitrogens with zero attached hydrogens (tertiary/aromatic N) is 4. The van der Waals surface area contributed by atoms with Gasteiger partial charge in [-0.2, -0.15) is 0 Å². The van der Waals surface area contributed by atoms with Crippen molar-refractivity contribution < 1.29 is 35.6 Å². The van der Waals surface area contributed by atoms with Crippen molar-refractivity contribution >= 4 is 16.1 Å². The molecule has 1 fully saturated rings. The van der Waals surface area contributed by atoms with Crippen molar-refractivity contribution in [1.82, 2.24) is 14.7 Å². The summed E-state index contributed by atoms with van der Waals surface area (Å²) >= 11 is 0. The van der Waals surface area contributed by atoms with E-state index in [0.717, 1.165) is 13.1 Å². The van der Waals surface area contributed by atoms with Gasteiger partial charge in [0.05, 0.1) is 0 Å². The van der Waals surface area contributed by atoms with Crippen LogP contribution in [0.2, 0.25) is 39.3 Å². The van der Waals surface area contributed by atoms with Gasteiger partial charge in [-0.3, -0.25) is 0 Å². The molecule has 1 aliphatic rings. The number of rotatable bonds is 3. The maximum Gasteiger partial charge on any atom is 3.00 e. The van der Waals surface area contributed by atoms with E-state index in [1.54, 1.807) is 0 Å². The normalized spacial score (nSPS) is 18.1. The van der Waals surface area contributed by atoms with Crippen LogP contribution in [-0.4, -0.2) is 103 Å². The van der Waals surface area contributed by atoms with Crippen molar-refractivity contribution in [3.05, 3.63) is 18.4 Å². The minimum Gasteiger partial charge on any atom is -0.656 e. The third-order valence-corrected chi connectivity index (χ3v) is 3.46. The maximum atomic E-state index is 4.70. The Morgan fingerprint density at radius 3 is 1.28 bits per heavy atom. The second-order valence-electron chi connectivity index (χ2n) is 11.6. The molecule has 0 spiro atoms. The Bertz CT molecular complexity index is 338. The third kappa shape index (κ3) is 40.4. The molecule has 0 amide bonds. The second-order valence-corrected chi connectivity index (χ2v) is 21.9. The monoisotopic (exact) mass is 568 g/mol. The predicted octanol–water partition coefficient (Wildman–Crippen LogP) is 4.73. The first-order chi connectivity index (χ1) is 12.4. The van der Waals surface area contributed by atoms with Gasteiger partial charge in [0.2, 0.25) is 0 Å². The van der Waals surface area contributed by atoms with E-state index in [1.165, 1.54) is 39.3 Å². The van der Waals surface area contributed by atoms with E-state index in [4.69, 9.17) is 5.32 Å². The van der Waals surface area contributed by atoms with Crippen molar-refractivity contribution in [3.8, 4) is 0 Å². The minimum absolute atomic E-state index is 0. The topological polar surface area (TPSA) is 23.8 Å². The summed E-state index contributed by atoms with van der Waals surface area (Å²) in [4.78, 5) is 7.40. The maximum absolute atomic E-state index is 4.70. The Morgan fingerprint density at radius 1 is 0.724 bits per heavy atom. The zero-order chi connectivity index (χ0) is 22.6. The fourth-order valence-corrected chi connectivity index (χ4v) is 2.05. The molecule has 1 saturated heterocycles. The van der Waals surface area contributed by atoms with Crippen molar-refractivity contribution in [2.24, 2.45) is 0 Å². The summed E-state index contributed by atoms with van der Waals surface area (Å²) < 4.78 is 0. The van der Waals surface area contributed by atoms with E-state index in [1.807, 2.05) is 0 Å². The van der Waals surface area contributed by atoms with Gasteiger partial charge in [-0.1, -0.05) is 60.1 Å². The van der Waals surface area contributed by atoms with Crippen LogP contribution >= 0.6 is 0 Å². The molecule has 0 saturated carbocycles. The first kappa shape index (κ1) is 35.1. The smallest absolute Gasteiger partial charge is 0.656 e. The van der Waals surface area contributed by atoms with Crippen LogP contribution in [0.15, 0.2) is 0 Å². The molecule has 0 aromatic heterocycles. The molecule has 7 heteroatoms. The zero-order valence-corrected chi connectivity index (χ0v) is 27.6. The van der Waals surface area contributed by atoms with Gasteiger partial charge in [0.1, 0.15) is 0 Å². The molecule has 0 radical (unpaired) electrons. The third-order valence-electron chi connectivity index (χ3n) is 3.46. The largest absolute Gasteiger partial charge is 3.00 e. The fraction of sp³-hybridized carbons (Fsp3) is 0.909. The van der Waals surface area contributed by atoms with Crippen molar-refractivity contribution in [2.75, 3.05) is 66.5 Å². The molecule has 1 aliphatic heterocycles. The van der Waals surface area contributed by atoms with E-state index in [-0.39, 0.29) is 41.1 Å². The van der Waals surface area contributed by atoms with Crippen LogP contribution in [0, 0.1) is 48.7 Å². The SMILES string of the molecule is CN1CCN(C)CCN(CC[N-]C(C)(C)C)CC1.[CH2-][Si](C)(C)C.[CH2-][Si](C)(C)C.[La+3]. The van der Waals surface area contributed by atoms with Crippen LogP contribution in [0.1, 0.15) is 20.8 Å². The molecule has 1 rings (SSSR count). The number of hydrogen-bond acceptors (Lipinski definition) is 3. The van der Waals surface area contributed by atoms with Crippen molar-refractivity contribution in [3.63, 3.8) is 0 Å². The second kappa shape index (κ2) is 17.0. The van der Waals surface area contributed by atoms with E-state index < -0.39 is 16.1 Å². The Labute approximate surface area is 215 Å². The Kier molecular flexibility index (Phi) is 20.6. The summed E-state index contributed by atoms with van der Waals surface area (Å²) in [5.41, 5.74) is 0.104. The number of hydrogen-bond donors (Lipinski definition) is 0. The fourth-order valence-electron chi connectivity index (χ4n) is 2.05. The van der Waals surface area contributed by atoms with Gasteiger partial charge in [-0.25, -0.2) is 0 Å². The molecule has 29 heavy (non-hydrogen) atoms. The minimum atomic E-state index is -0.861. The molecule has 0 atom stereocenters. The van der Waals surface area contributed by atoms with Crippen molar-refractivity contribution in [2.45, 2.75) is 65.6 Å². The molecule has 1 heterocycles. The summed E-state index contributed by atoms with van der Waals surface area (Å²) in [6, 6.07) is 0. The molecular formula is C22H53LaN4Si2.